The number of carboxylic acid groups (broad SMARTS) is 1. The molecule has 0 aliphatic rings. The van der Waals surface area contributed by atoms with Crippen LogP contribution in [-0.2, 0) is 11.2 Å². The van der Waals surface area contributed by atoms with Crippen molar-refractivity contribution in [3.05, 3.63) is 64.7 Å². The zero-order chi connectivity index (χ0) is 17.0. The Kier molecular flexibility index (Phi) is 5.43. The number of hydrogen-bond donors (Lipinski definition) is 1. The Morgan fingerprint density at radius 1 is 1.09 bits per heavy atom. The summed E-state index contributed by atoms with van der Waals surface area (Å²) in [7, 11) is 0. The molecule has 2 aromatic carbocycles. The first-order valence-electron chi connectivity index (χ1n) is 7.93. The SMILES string of the molecule is Cc1cccc(CC(Oc2ccccc2C(C)C)C(=O)O)c1C. The van der Waals surface area contributed by atoms with Crippen molar-refractivity contribution in [3.63, 3.8) is 0 Å². The van der Waals surface area contributed by atoms with Crippen LogP contribution in [0.3, 0.4) is 0 Å². The third kappa shape index (κ3) is 4.13. The summed E-state index contributed by atoms with van der Waals surface area (Å²) in [5, 5.41) is 9.56. The standard InChI is InChI=1S/C20H24O3/c1-13(2)17-10-5-6-11-18(17)23-19(20(21)22)12-16-9-7-8-14(3)15(16)4/h5-11,13,19H,12H2,1-4H3,(H,21,22). The fourth-order valence-electron chi connectivity index (χ4n) is 2.63. The van der Waals surface area contributed by atoms with Crippen LogP contribution in [0.15, 0.2) is 42.5 Å². The van der Waals surface area contributed by atoms with Crippen molar-refractivity contribution < 1.29 is 14.6 Å². The first kappa shape index (κ1) is 17.1. The summed E-state index contributed by atoms with van der Waals surface area (Å²) in [4.78, 5) is 11.7. The van der Waals surface area contributed by atoms with Crippen LogP contribution in [0.4, 0.5) is 0 Å². The van der Waals surface area contributed by atoms with E-state index in [0.29, 0.717) is 12.2 Å². The van der Waals surface area contributed by atoms with Gasteiger partial charge in [-0.3, -0.25) is 0 Å². The van der Waals surface area contributed by atoms with Gasteiger partial charge in [0.2, 0.25) is 0 Å². The second kappa shape index (κ2) is 7.32. The fourth-order valence-corrected chi connectivity index (χ4v) is 2.63. The van der Waals surface area contributed by atoms with Crippen molar-refractivity contribution in [2.45, 2.75) is 46.1 Å². The molecule has 2 aromatic rings. The van der Waals surface area contributed by atoms with Crippen molar-refractivity contribution in [2.75, 3.05) is 0 Å². The predicted octanol–water partition coefficient (Wildman–Crippen LogP) is 4.50. The average Bonchev–Trinajstić information content (AvgIpc) is 2.51. The molecule has 0 bridgehead atoms. The van der Waals surface area contributed by atoms with Gasteiger partial charge in [-0.25, -0.2) is 4.79 Å². The van der Waals surface area contributed by atoms with Crippen molar-refractivity contribution in [1.29, 1.82) is 0 Å². The lowest BCUT2D eigenvalue weighted by atomic mass is 9.98. The summed E-state index contributed by atoms with van der Waals surface area (Å²) >= 11 is 0. The molecule has 1 unspecified atom stereocenters. The van der Waals surface area contributed by atoms with E-state index >= 15 is 0 Å². The zero-order valence-electron chi connectivity index (χ0n) is 14.2. The molecule has 0 aliphatic heterocycles. The van der Waals surface area contributed by atoms with Crippen LogP contribution in [0.5, 0.6) is 5.75 Å². The summed E-state index contributed by atoms with van der Waals surface area (Å²) in [6.07, 6.45) is -0.537. The minimum Gasteiger partial charge on any atom is -0.478 e. The maximum atomic E-state index is 11.7. The largest absolute Gasteiger partial charge is 0.478 e. The highest BCUT2D eigenvalue weighted by Gasteiger charge is 2.22. The van der Waals surface area contributed by atoms with Crippen LogP contribution in [-0.4, -0.2) is 17.2 Å². The summed E-state index contributed by atoms with van der Waals surface area (Å²) in [6, 6.07) is 13.6. The molecule has 23 heavy (non-hydrogen) atoms. The minimum absolute atomic E-state index is 0.279. The summed E-state index contributed by atoms with van der Waals surface area (Å²) in [5.74, 6) is -0.00831. The predicted molar refractivity (Wildman–Crippen MR) is 92.2 cm³/mol. The number of benzene rings is 2. The normalized spacial score (nSPS) is 12.2. The third-order valence-electron chi connectivity index (χ3n) is 4.21. The molecule has 0 radical (unpaired) electrons. The molecular formula is C20H24O3. The molecule has 122 valence electrons. The summed E-state index contributed by atoms with van der Waals surface area (Å²) in [6.45, 7) is 8.19. The molecule has 0 aromatic heterocycles. The highest BCUT2D eigenvalue weighted by Crippen LogP contribution is 2.27. The molecule has 0 amide bonds. The monoisotopic (exact) mass is 312 g/mol. The Labute approximate surface area is 137 Å². The van der Waals surface area contributed by atoms with E-state index in [1.165, 1.54) is 0 Å². The van der Waals surface area contributed by atoms with Crippen molar-refractivity contribution in [2.24, 2.45) is 0 Å². The lowest BCUT2D eigenvalue weighted by Crippen LogP contribution is -2.30. The van der Waals surface area contributed by atoms with Crippen LogP contribution in [0.25, 0.3) is 0 Å². The third-order valence-corrected chi connectivity index (χ3v) is 4.21. The molecule has 3 nitrogen and oxygen atoms in total. The van der Waals surface area contributed by atoms with Gasteiger partial charge in [-0.05, 0) is 48.1 Å². The Balaban J connectivity index is 2.27. The highest BCUT2D eigenvalue weighted by molar-refractivity contribution is 5.73. The Hall–Kier alpha value is -2.29. The summed E-state index contributed by atoms with van der Waals surface area (Å²) in [5.41, 5.74) is 4.33. The molecule has 0 heterocycles. The van der Waals surface area contributed by atoms with Gasteiger partial charge in [0, 0.05) is 6.42 Å². The average molecular weight is 312 g/mol. The number of carboxylic acids is 1. The lowest BCUT2D eigenvalue weighted by molar-refractivity contribution is -0.145. The van der Waals surface area contributed by atoms with E-state index in [-0.39, 0.29) is 5.92 Å². The molecule has 3 heteroatoms. The molecule has 0 saturated carbocycles. The molecule has 1 atom stereocenters. The number of carbonyl (C=O) groups is 1. The van der Waals surface area contributed by atoms with Crippen molar-refractivity contribution in [1.82, 2.24) is 0 Å². The molecular weight excluding hydrogens is 288 g/mol. The van der Waals surface area contributed by atoms with E-state index in [9.17, 15) is 9.90 Å². The van der Waals surface area contributed by atoms with E-state index in [0.717, 1.165) is 22.3 Å². The van der Waals surface area contributed by atoms with Crippen LogP contribution < -0.4 is 4.74 Å². The van der Waals surface area contributed by atoms with Gasteiger partial charge in [0.15, 0.2) is 6.10 Å². The molecule has 1 N–H and O–H groups in total. The molecule has 0 saturated heterocycles. The van der Waals surface area contributed by atoms with Crippen LogP contribution in [0.2, 0.25) is 0 Å². The van der Waals surface area contributed by atoms with Crippen molar-refractivity contribution in [3.8, 4) is 5.75 Å². The Morgan fingerprint density at radius 3 is 2.43 bits per heavy atom. The van der Waals surface area contributed by atoms with E-state index in [4.69, 9.17) is 4.74 Å². The molecule has 0 fully saturated rings. The fraction of sp³-hybridized carbons (Fsp3) is 0.350. The minimum atomic E-state index is -0.940. The van der Waals surface area contributed by atoms with Gasteiger partial charge in [0.05, 0.1) is 0 Å². The van der Waals surface area contributed by atoms with E-state index in [1.807, 2.05) is 56.3 Å². The van der Waals surface area contributed by atoms with Gasteiger partial charge in [0.1, 0.15) is 5.75 Å². The van der Waals surface area contributed by atoms with Gasteiger partial charge in [-0.2, -0.15) is 0 Å². The number of hydrogen-bond acceptors (Lipinski definition) is 2. The topological polar surface area (TPSA) is 46.5 Å². The Bertz CT molecular complexity index is 689. The van der Waals surface area contributed by atoms with Gasteiger partial charge in [0.25, 0.3) is 0 Å². The van der Waals surface area contributed by atoms with E-state index in [1.54, 1.807) is 0 Å². The smallest absolute Gasteiger partial charge is 0.345 e. The first-order chi connectivity index (χ1) is 10.9. The van der Waals surface area contributed by atoms with Gasteiger partial charge in [-0.15, -0.1) is 0 Å². The number of aryl methyl sites for hydroxylation is 1. The second-order valence-electron chi connectivity index (χ2n) is 6.20. The van der Waals surface area contributed by atoms with Gasteiger partial charge < -0.3 is 9.84 Å². The number of para-hydroxylation sites is 1. The van der Waals surface area contributed by atoms with Crippen molar-refractivity contribution >= 4 is 5.97 Å². The number of rotatable bonds is 6. The Morgan fingerprint density at radius 2 is 1.78 bits per heavy atom. The van der Waals surface area contributed by atoms with Crippen LogP contribution in [0.1, 0.15) is 42.0 Å². The van der Waals surface area contributed by atoms with Crippen LogP contribution in [0, 0.1) is 13.8 Å². The maximum Gasteiger partial charge on any atom is 0.345 e. The van der Waals surface area contributed by atoms with E-state index in [2.05, 4.69) is 13.8 Å². The molecule has 2 rings (SSSR count). The quantitative estimate of drug-likeness (QED) is 0.854. The number of aliphatic carboxylic acids is 1. The first-order valence-corrected chi connectivity index (χ1v) is 7.93. The van der Waals surface area contributed by atoms with Gasteiger partial charge >= 0.3 is 5.97 Å². The lowest BCUT2D eigenvalue weighted by Gasteiger charge is -2.20. The molecule has 0 spiro atoms. The molecule has 0 aliphatic carbocycles. The maximum absolute atomic E-state index is 11.7. The van der Waals surface area contributed by atoms with Crippen LogP contribution >= 0.6 is 0 Å². The van der Waals surface area contributed by atoms with E-state index < -0.39 is 12.1 Å². The zero-order valence-corrected chi connectivity index (χ0v) is 14.2. The second-order valence-corrected chi connectivity index (χ2v) is 6.20. The number of ether oxygens (including phenoxy) is 1. The summed E-state index contributed by atoms with van der Waals surface area (Å²) < 4.78 is 5.87. The highest BCUT2D eigenvalue weighted by atomic mass is 16.5. The van der Waals surface area contributed by atoms with Gasteiger partial charge in [-0.1, -0.05) is 50.2 Å².